The van der Waals surface area contributed by atoms with Crippen molar-refractivity contribution in [3.05, 3.63) is 95.2 Å². The molecule has 0 saturated heterocycles. The molecule has 30 heavy (non-hydrogen) atoms. The molecule has 0 aliphatic carbocycles. The Balaban J connectivity index is 1.47. The van der Waals surface area contributed by atoms with Crippen LogP contribution in [0.2, 0.25) is 0 Å². The van der Waals surface area contributed by atoms with Crippen molar-refractivity contribution in [2.24, 2.45) is 7.05 Å². The van der Waals surface area contributed by atoms with E-state index < -0.39 is 0 Å². The van der Waals surface area contributed by atoms with Gasteiger partial charge in [-0.3, -0.25) is 9.48 Å². The molecule has 150 valence electrons. The van der Waals surface area contributed by atoms with Crippen LogP contribution in [-0.2, 0) is 13.6 Å². The number of aromatic nitrogens is 3. The Morgan fingerprint density at radius 2 is 2.00 bits per heavy atom. The Morgan fingerprint density at radius 3 is 2.77 bits per heavy atom. The summed E-state index contributed by atoms with van der Waals surface area (Å²) in [5.74, 6) is -0.121. The minimum Gasteiger partial charge on any atom is -0.355 e. The fourth-order valence-corrected chi connectivity index (χ4v) is 3.98. The fraction of sp³-hybridized carbons (Fsp3) is 0.174. The van der Waals surface area contributed by atoms with Gasteiger partial charge in [-0.2, -0.15) is 5.10 Å². The number of nitrogens with zero attached hydrogens (tertiary/aromatic N) is 4. The third-order valence-electron chi connectivity index (χ3n) is 5.45. The maximum atomic E-state index is 13.9. The van der Waals surface area contributed by atoms with E-state index in [1.165, 1.54) is 12.1 Å². The van der Waals surface area contributed by atoms with Crippen LogP contribution in [0, 0.1) is 5.82 Å². The van der Waals surface area contributed by atoms with Gasteiger partial charge in [-0.05, 0) is 28.8 Å². The molecule has 1 atom stereocenters. The standard InChI is InChI=1S/C23H19FN4O2/c1-27-12-17(11-25-27)20-14-28(13-16-9-18(24)7-8-19(16)20)23(29)21-10-22(30-26-21)15-5-3-2-4-6-15/h2-12,20H,13-14H2,1H3. The second-order valence-corrected chi connectivity index (χ2v) is 7.47. The minimum absolute atomic E-state index is 0.0903. The molecule has 0 N–H and O–H groups in total. The zero-order valence-corrected chi connectivity index (χ0v) is 16.3. The summed E-state index contributed by atoms with van der Waals surface area (Å²) in [7, 11) is 1.85. The zero-order chi connectivity index (χ0) is 20.7. The molecule has 7 heteroatoms. The molecule has 0 bridgehead atoms. The molecule has 1 unspecified atom stereocenters. The van der Waals surface area contributed by atoms with Gasteiger partial charge in [0.15, 0.2) is 11.5 Å². The number of halogens is 1. The van der Waals surface area contributed by atoms with Crippen LogP contribution >= 0.6 is 0 Å². The smallest absolute Gasteiger partial charge is 0.276 e. The van der Waals surface area contributed by atoms with Crippen molar-refractivity contribution in [2.45, 2.75) is 12.5 Å². The molecular formula is C23H19FN4O2. The number of amides is 1. The van der Waals surface area contributed by atoms with Gasteiger partial charge in [-0.15, -0.1) is 0 Å². The summed E-state index contributed by atoms with van der Waals surface area (Å²) in [6, 6.07) is 15.9. The van der Waals surface area contributed by atoms with E-state index in [0.29, 0.717) is 18.8 Å². The van der Waals surface area contributed by atoms with Gasteiger partial charge < -0.3 is 9.42 Å². The number of aryl methyl sites for hydroxylation is 1. The molecular weight excluding hydrogens is 383 g/mol. The molecule has 6 nitrogen and oxygen atoms in total. The lowest BCUT2D eigenvalue weighted by Gasteiger charge is -2.34. The molecule has 1 amide bonds. The maximum Gasteiger partial charge on any atom is 0.276 e. The highest BCUT2D eigenvalue weighted by Gasteiger charge is 2.32. The monoisotopic (exact) mass is 402 g/mol. The van der Waals surface area contributed by atoms with Crippen molar-refractivity contribution >= 4 is 5.91 Å². The molecule has 2 aromatic carbocycles. The van der Waals surface area contributed by atoms with Crippen LogP contribution in [0.3, 0.4) is 0 Å². The van der Waals surface area contributed by atoms with E-state index in [0.717, 1.165) is 22.3 Å². The Morgan fingerprint density at radius 1 is 1.17 bits per heavy atom. The van der Waals surface area contributed by atoms with Crippen LogP contribution < -0.4 is 0 Å². The average Bonchev–Trinajstić information content (AvgIpc) is 3.42. The first-order valence-corrected chi connectivity index (χ1v) is 9.67. The van der Waals surface area contributed by atoms with Gasteiger partial charge >= 0.3 is 0 Å². The summed E-state index contributed by atoms with van der Waals surface area (Å²) in [5.41, 5.74) is 3.86. The first kappa shape index (κ1) is 18.3. The highest BCUT2D eigenvalue weighted by molar-refractivity contribution is 5.93. The van der Waals surface area contributed by atoms with E-state index in [9.17, 15) is 9.18 Å². The first-order chi connectivity index (χ1) is 14.6. The van der Waals surface area contributed by atoms with Crippen LogP contribution in [0.4, 0.5) is 4.39 Å². The fourth-order valence-electron chi connectivity index (χ4n) is 3.98. The van der Waals surface area contributed by atoms with E-state index in [2.05, 4.69) is 10.3 Å². The molecule has 1 aliphatic heterocycles. The van der Waals surface area contributed by atoms with Crippen molar-refractivity contribution in [3.8, 4) is 11.3 Å². The number of fused-ring (bicyclic) bond motifs is 1. The molecule has 4 aromatic rings. The zero-order valence-electron chi connectivity index (χ0n) is 16.3. The van der Waals surface area contributed by atoms with Crippen LogP contribution in [0.1, 0.15) is 33.1 Å². The van der Waals surface area contributed by atoms with Gasteiger partial charge in [0.1, 0.15) is 5.82 Å². The van der Waals surface area contributed by atoms with E-state index >= 15 is 0 Å². The molecule has 2 aromatic heterocycles. The van der Waals surface area contributed by atoms with E-state index in [1.807, 2.05) is 43.6 Å². The SMILES string of the molecule is Cn1cc(C2CN(C(=O)c3cc(-c4ccccc4)on3)Cc3cc(F)ccc32)cn1. The molecule has 0 fully saturated rings. The molecule has 5 rings (SSSR count). The van der Waals surface area contributed by atoms with Gasteiger partial charge in [0.2, 0.25) is 0 Å². The van der Waals surface area contributed by atoms with Crippen LogP contribution in [0.15, 0.2) is 71.5 Å². The van der Waals surface area contributed by atoms with Crippen LogP contribution in [-0.4, -0.2) is 32.3 Å². The predicted octanol–water partition coefficient (Wildman–Crippen LogP) is 4.00. The molecule has 3 heterocycles. The number of carbonyl (C=O) groups excluding carboxylic acids is 1. The average molecular weight is 402 g/mol. The Hall–Kier alpha value is -3.74. The third-order valence-corrected chi connectivity index (χ3v) is 5.45. The first-order valence-electron chi connectivity index (χ1n) is 9.67. The predicted molar refractivity (Wildman–Crippen MR) is 108 cm³/mol. The number of rotatable bonds is 3. The summed E-state index contributed by atoms with van der Waals surface area (Å²) in [6.07, 6.45) is 3.71. The largest absolute Gasteiger partial charge is 0.355 e. The summed E-state index contributed by atoms with van der Waals surface area (Å²) < 4.78 is 21.0. The summed E-state index contributed by atoms with van der Waals surface area (Å²) in [6.45, 7) is 0.771. The van der Waals surface area contributed by atoms with E-state index in [4.69, 9.17) is 4.52 Å². The Bertz CT molecular complexity index is 1210. The molecule has 1 aliphatic rings. The maximum absolute atomic E-state index is 13.9. The molecule has 0 saturated carbocycles. The number of benzene rings is 2. The van der Waals surface area contributed by atoms with E-state index in [-0.39, 0.29) is 23.3 Å². The molecule has 0 spiro atoms. The number of hydrogen-bond acceptors (Lipinski definition) is 4. The minimum atomic E-state index is -0.319. The second-order valence-electron chi connectivity index (χ2n) is 7.47. The second kappa shape index (κ2) is 7.26. The lowest BCUT2D eigenvalue weighted by molar-refractivity contribution is 0.0714. The lowest BCUT2D eigenvalue weighted by Crippen LogP contribution is -2.38. The van der Waals surface area contributed by atoms with Gasteiger partial charge in [-0.1, -0.05) is 41.6 Å². The third kappa shape index (κ3) is 3.28. The van der Waals surface area contributed by atoms with Crippen LogP contribution in [0.5, 0.6) is 0 Å². The number of hydrogen-bond donors (Lipinski definition) is 0. The summed E-state index contributed by atoms with van der Waals surface area (Å²) in [5, 5.41) is 8.25. The van der Waals surface area contributed by atoms with Gasteiger partial charge in [0.25, 0.3) is 5.91 Å². The van der Waals surface area contributed by atoms with E-state index in [1.54, 1.807) is 27.9 Å². The normalized spacial score (nSPS) is 15.8. The Labute approximate surface area is 172 Å². The topological polar surface area (TPSA) is 64.2 Å². The highest BCUT2D eigenvalue weighted by atomic mass is 19.1. The van der Waals surface area contributed by atoms with Crippen molar-refractivity contribution in [3.63, 3.8) is 0 Å². The van der Waals surface area contributed by atoms with Crippen LogP contribution in [0.25, 0.3) is 11.3 Å². The quantitative estimate of drug-likeness (QED) is 0.520. The van der Waals surface area contributed by atoms with Crippen molar-refractivity contribution in [2.75, 3.05) is 6.54 Å². The highest BCUT2D eigenvalue weighted by Crippen LogP contribution is 2.34. The van der Waals surface area contributed by atoms with Crippen molar-refractivity contribution in [1.82, 2.24) is 19.8 Å². The molecule has 0 radical (unpaired) electrons. The van der Waals surface area contributed by atoms with Gasteiger partial charge in [0.05, 0.1) is 6.20 Å². The lowest BCUT2D eigenvalue weighted by atomic mass is 9.86. The van der Waals surface area contributed by atoms with Gasteiger partial charge in [0, 0.05) is 43.9 Å². The number of carbonyl (C=O) groups is 1. The Kier molecular flexibility index (Phi) is 4.43. The van der Waals surface area contributed by atoms with Crippen molar-refractivity contribution < 1.29 is 13.7 Å². The summed E-state index contributed by atoms with van der Waals surface area (Å²) in [4.78, 5) is 14.9. The summed E-state index contributed by atoms with van der Waals surface area (Å²) >= 11 is 0. The van der Waals surface area contributed by atoms with Gasteiger partial charge in [-0.25, -0.2) is 4.39 Å². The van der Waals surface area contributed by atoms with Crippen molar-refractivity contribution in [1.29, 1.82) is 0 Å².